The van der Waals surface area contributed by atoms with Crippen molar-refractivity contribution in [3.8, 4) is 0 Å². The highest BCUT2D eigenvalue weighted by Crippen LogP contribution is 2.19. The van der Waals surface area contributed by atoms with Crippen LogP contribution in [0, 0.1) is 6.92 Å². The van der Waals surface area contributed by atoms with Gasteiger partial charge in [-0.05, 0) is 72.6 Å². The number of nitrogens with zero attached hydrogens (tertiary/aromatic N) is 2. The number of aryl methyl sites for hydroxylation is 1. The molecule has 4 N–H and O–H groups in total. The second-order valence-electron chi connectivity index (χ2n) is 9.20. The Bertz CT molecular complexity index is 1520. The van der Waals surface area contributed by atoms with Crippen LogP contribution >= 0.6 is 0 Å². The van der Waals surface area contributed by atoms with Crippen LogP contribution in [0.3, 0.4) is 0 Å². The van der Waals surface area contributed by atoms with Gasteiger partial charge in [-0.1, -0.05) is 36.4 Å². The minimum absolute atomic E-state index is 0.0382. The van der Waals surface area contributed by atoms with Gasteiger partial charge in [-0.3, -0.25) is 14.6 Å². The standard InChI is InChI=1S/C31H29N5O5/c1-21-6-2-3-8-27(21)35-31(41)34-24-13-9-22(10-14-24)18-28(37)33-19-29(38)36(20-25-7-4-5-17-32-25)26-15-11-23(12-16-26)30(39)40/h2-17H,18-20H2,1H3,(H,33,37)(H,39,40)(H2,34,35,41). The quantitative estimate of drug-likeness (QED) is 0.227. The molecule has 0 spiro atoms. The van der Waals surface area contributed by atoms with E-state index in [9.17, 15) is 24.3 Å². The zero-order valence-corrected chi connectivity index (χ0v) is 22.3. The van der Waals surface area contributed by atoms with Crippen LogP contribution in [0.2, 0.25) is 0 Å². The first kappa shape index (κ1) is 28.5. The number of carboxylic acids is 1. The molecule has 10 nitrogen and oxygen atoms in total. The van der Waals surface area contributed by atoms with E-state index in [1.165, 1.54) is 17.0 Å². The Morgan fingerprint density at radius 1 is 0.829 bits per heavy atom. The highest BCUT2D eigenvalue weighted by Gasteiger charge is 2.18. The second-order valence-corrected chi connectivity index (χ2v) is 9.20. The maximum absolute atomic E-state index is 13.1. The molecule has 0 aliphatic carbocycles. The third kappa shape index (κ3) is 8.24. The number of carbonyl (C=O) groups excluding carboxylic acids is 3. The lowest BCUT2D eigenvalue weighted by Crippen LogP contribution is -2.40. The minimum atomic E-state index is -1.07. The number of pyridine rings is 1. The number of anilines is 3. The number of para-hydroxylation sites is 1. The van der Waals surface area contributed by atoms with E-state index < -0.39 is 5.97 Å². The zero-order valence-electron chi connectivity index (χ0n) is 22.3. The molecule has 10 heteroatoms. The maximum Gasteiger partial charge on any atom is 0.335 e. The number of carbonyl (C=O) groups is 4. The summed E-state index contributed by atoms with van der Waals surface area (Å²) in [5.74, 6) is -1.80. The summed E-state index contributed by atoms with van der Waals surface area (Å²) >= 11 is 0. The van der Waals surface area contributed by atoms with Crippen LogP contribution in [0.5, 0.6) is 0 Å². The van der Waals surface area contributed by atoms with Gasteiger partial charge in [0.25, 0.3) is 0 Å². The number of rotatable bonds is 10. The third-order valence-electron chi connectivity index (χ3n) is 6.18. The van der Waals surface area contributed by atoms with Gasteiger partial charge in [-0.2, -0.15) is 0 Å². The van der Waals surface area contributed by atoms with Gasteiger partial charge in [-0.15, -0.1) is 0 Å². The van der Waals surface area contributed by atoms with E-state index in [1.807, 2.05) is 31.2 Å². The van der Waals surface area contributed by atoms with Crippen LogP contribution < -0.4 is 20.9 Å². The Balaban J connectivity index is 1.32. The molecule has 0 fully saturated rings. The number of urea groups is 1. The van der Waals surface area contributed by atoms with E-state index in [-0.39, 0.29) is 42.9 Å². The van der Waals surface area contributed by atoms with Crippen LogP contribution in [0.1, 0.15) is 27.2 Å². The van der Waals surface area contributed by atoms with Gasteiger partial charge < -0.3 is 26.0 Å². The molecule has 0 saturated heterocycles. The molecule has 1 aromatic heterocycles. The normalized spacial score (nSPS) is 10.4. The van der Waals surface area contributed by atoms with Crippen molar-refractivity contribution >= 4 is 40.9 Å². The number of aromatic carboxylic acids is 1. The smallest absolute Gasteiger partial charge is 0.335 e. The van der Waals surface area contributed by atoms with Crippen molar-refractivity contribution in [2.75, 3.05) is 22.1 Å². The van der Waals surface area contributed by atoms with Crippen molar-refractivity contribution in [1.82, 2.24) is 10.3 Å². The number of hydrogen-bond acceptors (Lipinski definition) is 5. The fraction of sp³-hybridized carbons (Fsp3) is 0.129. The molecule has 0 aliphatic heterocycles. The molecular weight excluding hydrogens is 522 g/mol. The van der Waals surface area contributed by atoms with Gasteiger partial charge in [-0.25, -0.2) is 9.59 Å². The van der Waals surface area contributed by atoms with Crippen molar-refractivity contribution in [3.05, 3.63) is 120 Å². The van der Waals surface area contributed by atoms with E-state index in [1.54, 1.807) is 60.8 Å². The van der Waals surface area contributed by atoms with Crippen molar-refractivity contribution in [3.63, 3.8) is 0 Å². The molecule has 41 heavy (non-hydrogen) atoms. The van der Waals surface area contributed by atoms with E-state index in [0.717, 1.165) is 5.56 Å². The van der Waals surface area contributed by atoms with Crippen LogP contribution in [-0.4, -0.2) is 40.5 Å². The summed E-state index contributed by atoms with van der Waals surface area (Å²) in [6.07, 6.45) is 1.65. The van der Waals surface area contributed by atoms with Crippen molar-refractivity contribution < 1.29 is 24.3 Å². The predicted octanol–water partition coefficient (Wildman–Crippen LogP) is 4.62. The van der Waals surface area contributed by atoms with Gasteiger partial charge in [0.1, 0.15) is 0 Å². The van der Waals surface area contributed by atoms with E-state index in [2.05, 4.69) is 20.9 Å². The molecule has 4 aromatic rings. The summed E-state index contributed by atoms with van der Waals surface area (Å²) in [4.78, 5) is 55.0. The Hall–Kier alpha value is -5.51. The van der Waals surface area contributed by atoms with E-state index >= 15 is 0 Å². The summed E-state index contributed by atoms with van der Waals surface area (Å²) < 4.78 is 0. The fourth-order valence-corrected chi connectivity index (χ4v) is 3.98. The zero-order chi connectivity index (χ0) is 29.2. The number of aromatic nitrogens is 1. The molecule has 0 saturated carbocycles. The number of carboxylic acid groups (broad SMARTS) is 1. The average molecular weight is 552 g/mol. The SMILES string of the molecule is Cc1ccccc1NC(=O)Nc1ccc(CC(=O)NCC(=O)N(Cc2ccccn2)c2ccc(C(=O)O)cc2)cc1. The predicted molar refractivity (Wildman–Crippen MR) is 156 cm³/mol. The first-order chi connectivity index (χ1) is 19.8. The number of amides is 4. The Kier molecular flexibility index (Phi) is 9.40. The van der Waals surface area contributed by atoms with Crippen LogP contribution in [0.15, 0.2) is 97.2 Å². The Labute approximate surface area is 237 Å². The minimum Gasteiger partial charge on any atom is -0.478 e. The molecule has 0 bridgehead atoms. The van der Waals surface area contributed by atoms with E-state index in [0.29, 0.717) is 28.3 Å². The Morgan fingerprint density at radius 2 is 1.54 bits per heavy atom. The average Bonchev–Trinajstić information content (AvgIpc) is 2.97. The number of benzene rings is 3. The van der Waals surface area contributed by atoms with Crippen LogP contribution in [0.25, 0.3) is 0 Å². The monoisotopic (exact) mass is 551 g/mol. The summed E-state index contributed by atoms with van der Waals surface area (Å²) in [5.41, 5.74) is 4.14. The molecule has 3 aromatic carbocycles. The largest absolute Gasteiger partial charge is 0.478 e. The Morgan fingerprint density at radius 3 is 2.20 bits per heavy atom. The lowest BCUT2D eigenvalue weighted by Gasteiger charge is -2.23. The number of hydrogen-bond donors (Lipinski definition) is 4. The molecule has 0 atom stereocenters. The number of nitrogens with one attached hydrogen (secondary N) is 3. The maximum atomic E-state index is 13.1. The molecule has 0 aliphatic rings. The lowest BCUT2D eigenvalue weighted by atomic mass is 10.1. The molecule has 4 rings (SSSR count). The molecule has 0 unspecified atom stereocenters. The highest BCUT2D eigenvalue weighted by molar-refractivity contribution is 6.00. The molecular formula is C31H29N5O5. The van der Waals surface area contributed by atoms with Crippen molar-refractivity contribution in [1.29, 1.82) is 0 Å². The molecule has 208 valence electrons. The lowest BCUT2D eigenvalue weighted by molar-refractivity contribution is -0.124. The second kappa shape index (κ2) is 13.5. The topological polar surface area (TPSA) is 141 Å². The third-order valence-corrected chi connectivity index (χ3v) is 6.18. The molecule has 0 radical (unpaired) electrons. The summed E-state index contributed by atoms with van der Waals surface area (Å²) in [5, 5.41) is 17.4. The molecule has 4 amide bonds. The first-order valence-electron chi connectivity index (χ1n) is 12.8. The summed E-state index contributed by atoms with van der Waals surface area (Å²) in [7, 11) is 0. The van der Waals surface area contributed by atoms with Gasteiger partial charge >= 0.3 is 12.0 Å². The van der Waals surface area contributed by atoms with Crippen LogP contribution in [0.4, 0.5) is 21.9 Å². The van der Waals surface area contributed by atoms with Gasteiger partial charge in [0.2, 0.25) is 11.8 Å². The van der Waals surface area contributed by atoms with Gasteiger partial charge in [0.05, 0.1) is 30.8 Å². The van der Waals surface area contributed by atoms with Gasteiger partial charge in [0.15, 0.2) is 0 Å². The van der Waals surface area contributed by atoms with Crippen molar-refractivity contribution in [2.45, 2.75) is 19.9 Å². The van der Waals surface area contributed by atoms with Crippen LogP contribution in [-0.2, 0) is 22.6 Å². The highest BCUT2D eigenvalue weighted by atomic mass is 16.4. The van der Waals surface area contributed by atoms with Gasteiger partial charge in [0, 0.05) is 23.3 Å². The summed E-state index contributed by atoms with van der Waals surface area (Å²) in [6.45, 7) is 1.79. The van der Waals surface area contributed by atoms with E-state index in [4.69, 9.17) is 0 Å². The van der Waals surface area contributed by atoms with Crippen molar-refractivity contribution in [2.24, 2.45) is 0 Å². The fourth-order valence-electron chi connectivity index (χ4n) is 3.98. The summed E-state index contributed by atoms with van der Waals surface area (Å²) in [6, 6.07) is 25.2. The first-order valence-corrected chi connectivity index (χ1v) is 12.8. The molecule has 1 heterocycles.